The van der Waals surface area contributed by atoms with Gasteiger partial charge in [0.2, 0.25) is 0 Å². The Morgan fingerprint density at radius 1 is 1.27 bits per heavy atom. The monoisotopic (exact) mass is 210 g/mol. The van der Waals surface area contributed by atoms with Gasteiger partial charge in [0.25, 0.3) is 0 Å². The van der Waals surface area contributed by atoms with Gasteiger partial charge >= 0.3 is 0 Å². The molecule has 0 aromatic rings. The zero-order valence-corrected chi connectivity index (χ0v) is 10.5. The second-order valence-corrected chi connectivity index (χ2v) is 5.11. The first kappa shape index (κ1) is 12.5. The second kappa shape index (κ2) is 6.14. The largest absolute Gasteiger partial charge is 0.387 e. The maximum atomic E-state index is 6.11. The van der Waals surface area contributed by atoms with E-state index < -0.39 is 0 Å². The molecule has 0 aromatic carbocycles. The van der Waals surface area contributed by atoms with Crippen LogP contribution < -0.4 is 5.73 Å². The molecule has 0 amide bonds. The van der Waals surface area contributed by atoms with Gasteiger partial charge in [0.05, 0.1) is 11.9 Å². The van der Waals surface area contributed by atoms with E-state index in [2.05, 4.69) is 20.8 Å². The number of nitrogens with two attached hydrogens (primary N) is 1. The lowest BCUT2D eigenvalue weighted by atomic mass is 9.88. The summed E-state index contributed by atoms with van der Waals surface area (Å²) in [5.41, 5.74) is 6.11. The van der Waals surface area contributed by atoms with Crippen molar-refractivity contribution >= 4 is 5.84 Å². The maximum absolute atomic E-state index is 6.11. The number of hydrogen-bond acceptors (Lipinski definition) is 1. The summed E-state index contributed by atoms with van der Waals surface area (Å²) in [7, 11) is 0. The lowest BCUT2D eigenvalue weighted by Crippen LogP contribution is -2.28. The molecule has 1 fully saturated rings. The highest BCUT2D eigenvalue weighted by atomic mass is 14.9. The molecule has 1 aliphatic carbocycles. The highest BCUT2D eigenvalue weighted by molar-refractivity contribution is 5.83. The molecule has 1 saturated carbocycles. The summed E-state index contributed by atoms with van der Waals surface area (Å²) in [5.74, 6) is 2.11. The van der Waals surface area contributed by atoms with Crippen molar-refractivity contribution in [3.63, 3.8) is 0 Å². The Balaban J connectivity index is 2.55. The van der Waals surface area contributed by atoms with Crippen LogP contribution in [0, 0.1) is 11.8 Å². The fourth-order valence-electron chi connectivity index (χ4n) is 2.41. The van der Waals surface area contributed by atoms with Gasteiger partial charge in [0, 0.05) is 5.92 Å². The van der Waals surface area contributed by atoms with Crippen LogP contribution in [-0.2, 0) is 0 Å². The maximum Gasteiger partial charge on any atom is 0.0971 e. The molecule has 88 valence electrons. The number of aliphatic imine (C=N–C) groups is 1. The fourth-order valence-corrected chi connectivity index (χ4v) is 2.41. The molecule has 2 N–H and O–H groups in total. The summed E-state index contributed by atoms with van der Waals surface area (Å²) in [4.78, 5) is 4.71. The number of nitrogens with zero attached hydrogens (tertiary/aromatic N) is 1. The first-order valence-corrected chi connectivity index (χ1v) is 6.48. The lowest BCUT2D eigenvalue weighted by molar-refractivity contribution is 0.427. The molecule has 1 aliphatic rings. The van der Waals surface area contributed by atoms with Crippen LogP contribution in [0.1, 0.15) is 59.3 Å². The van der Waals surface area contributed by atoms with Crippen molar-refractivity contribution in [3.05, 3.63) is 0 Å². The van der Waals surface area contributed by atoms with Gasteiger partial charge in [-0.05, 0) is 25.2 Å². The van der Waals surface area contributed by atoms with Crippen LogP contribution in [0.4, 0.5) is 0 Å². The molecule has 1 rings (SSSR count). The lowest BCUT2D eigenvalue weighted by Gasteiger charge is -2.23. The predicted molar refractivity (Wildman–Crippen MR) is 67.1 cm³/mol. The molecule has 15 heavy (non-hydrogen) atoms. The van der Waals surface area contributed by atoms with E-state index >= 15 is 0 Å². The van der Waals surface area contributed by atoms with Gasteiger partial charge in [-0.2, -0.15) is 0 Å². The average Bonchev–Trinajstić information content (AvgIpc) is 2.26. The van der Waals surface area contributed by atoms with Gasteiger partial charge in [-0.1, -0.05) is 40.0 Å². The van der Waals surface area contributed by atoms with Crippen LogP contribution in [0.2, 0.25) is 0 Å². The van der Waals surface area contributed by atoms with Crippen LogP contribution in [0.15, 0.2) is 4.99 Å². The minimum Gasteiger partial charge on any atom is -0.387 e. The third-order valence-corrected chi connectivity index (χ3v) is 3.53. The molecule has 0 aromatic heterocycles. The van der Waals surface area contributed by atoms with Crippen molar-refractivity contribution in [1.29, 1.82) is 0 Å². The van der Waals surface area contributed by atoms with E-state index in [9.17, 15) is 0 Å². The molecule has 0 bridgehead atoms. The molecule has 0 aliphatic heterocycles. The summed E-state index contributed by atoms with van der Waals surface area (Å²) in [5, 5.41) is 0. The molecule has 0 spiro atoms. The Morgan fingerprint density at radius 3 is 2.33 bits per heavy atom. The van der Waals surface area contributed by atoms with E-state index in [1.54, 1.807) is 0 Å². The van der Waals surface area contributed by atoms with Crippen molar-refractivity contribution in [2.45, 2.75) is 65.3 Å². The van der Waals surface area contributed by atoms with Crippen LogP contribution in [-0.4, -0.2) is 11.9 Å². The van der Waals surface area contributed by atoms with Crippen LogP contribution >= 0.6 is 0 Å². The van der Waals surface area contributed by atoms with Gasteiger partial charge in [0.1, 0.15) is 0 Å². The molecule has 1 atom stereocenters. The molecular weight excluding hydrogens is 184 g/mol. The summed E-state index contributed by atoms with van der Waals surface area (Å²) >= 11 is 0. The van der Waals surface area contributed by atoms with Crippen molar-refractivity contribution in [3.8, 4) is 0 Å². The van der Waals surface area contributed by atoms with Crippen molar-refractivity contribution in [1.82, 2.24) is 0 Å². The van der Waals surface area contributed by atoms with Crippen LogP contribution in [0.5, 0.6) is 0 Å². The molecule has 1 unspecified atom stereocenters. The van der Waals surface area contributed by atoms with Crippen LogP contribution in [0.25, 0.3) is 0 Å². The summed E-state index contributed by atoms with van der Waals surface area (Å²) < 4.78 is 0. The van der Waals surface area contributed by atoms with E-state index in [0.717, 1.165) is 12.3 Å². The Hall–Kier alpha value is -0.530. The first-order chi connectivity index (χ1) is 7.15. The van der Waals surface area contributed by atoms with Gasteiger partial charge in [-0.15, -0.1) is 0 Å². The number of rotatable bonds is 4. The second-order valence-electron chi connectivity index (χ2n) is 5.11. The summed E-state index contributed by atoms with van der Waals surface area (Å²) in [6.45, 7) is 6.65. The van der Waals surface area contributed by atoms with Gasteiger partial charge in [-0.25, -0.2) is 0 Å². The third kappa shape index (κ3) is 3.84. The predicted octanol–water partition coefficient (Wildman–Crippen LogP) is 3.36. The highest BCUT2D eigenvalue weighted by Crippen LogP contribution is 2.24. The van der Waals surface area contributed by atoms with E-state index in [0.29, 0.717) is 17.9 Å². The van der Waals surface area contributed by atoms with E-state index in [4.69, 9.17) is 10.7 Å². The topological polar surface area (TPSA) is 38.4 Å². The Kier molecular flexibility index (Phi) is 5.13. The normalized spacial score (nSPS) is 22.0. The van der Waals surface area contributed by atoms with Crippen molar-refractivity contribution in [2.24, 2.45) is 22.6 Å². The highest BCUT2D eigenvalue weighted by Gasteiger charge is 2.18. The molecule has 0 radical (unpaired) electrons. The molecular formula is C13H26N2. The Bertz CT molecular complexity index is 203. The zero-order chi connectivity index (χ0) is 11.3. The summed E-state index contributed by atoms with van der Waals surface area (Å²) in [6.07, 6.45) is 7.66. The molecule has 2 nitrogen and oxygen atoms in total. The average molecular weight is 210 g/mol. The van der Waals surface area contributed by atoms with Crippen LogP contribution in [0.3, 0.4) is 0 Å². The molecule has 0 saturated heterocycles. The zero-order valence-electron chi connectivity index (χ0n) is 10.5. The van der Waals surface area contributed by atoms with E-state index in [1.165, 1.54) is 32.1 Å². The standard InChI is InChI=1S/C13H26N2/c1-4-12(10(2)3)15-13(14)11-8-6-5-7-9-11/h10-12H,4-9H2,1-3H3,(H2,14,15). The van der Waals surface area contributed by atoms with Gasteiger partial charge in [-0.3, -0.25) is 4.99 Å². The minimum absolute atomic E-state index is 0.423. The van der Waals surface area contributed by atoms with Crippen molar-refractivity contribution < 1.29 is 0 Å². The minimum atomic E-state index is 0.423. The Labute approximate surface area is 94.3 Å². The number of hydrogen-bond donors (Lipinski definition) is 1. The van der Waals surface area contributed by atoms with Gasteiger partial charge < -0.3 is 5.73 Å². The summed E-state index contributed by atoms with van der Waals surface area (Å²) in [6, 6.07) is 0.423. The van der Waals surface area contributed by atoms with E-state index in [-0.39, 0.29) is 0 Å². The van der Waals surface area contributed by atoms with E-state index in [1.807, 2.05) is 0 Å². The molecule has 0 heterocycles. The number of amidine groups is 1. The third-order valence-electron chi connectivity index (χ3n) is 3.53. The Morgan fingerprint density at radius 2 is 1.87 bits per heavy atom. The SMILES string of the molecule is CCC(N=C(N)C1CCCCC1)C(C)C. The van der Waals surface area contributed by atoms with Gasteiger partial charge in [0.15, 0.2) is 0 Å². The molecule has 2 heteroatoms. The smallest absolute Gasteiger partial charge is 0.0971 e. The fraction of sp³-hybridized carbons (Fsp3) is 0.923. The first-order valence-electron chi connectivity index (χ1n) is 6.48. The quantitative estimate of drug-likeness (QED) is 0.561. The van der Waals surface area contributed by atoms with Crippen molar-refractivity contribution in [2.75, 3.05) is 0 Å².